The SMILES string of the molecule is CCc1ccc(CCNC(=O)OC(C)(C)C)cc1CO. The lowest BCUT2D eigenvalue weighted by molar-refractivity contribution is 0.0528. The fourth-order valence-corrected chi connectivity index (χ4v) is 1.95. The van der Waals surface area contributed by atoms with Gasteiger partial charge in [0.1, 0.15) is 5.60 Å². The van der Waals surface area contributed by atoms with E-state index in [4.69, 9.17) is 4.74 Å². The summed E-state index contributed by atoms with van der Waals surface area (Å²) in [5.74, 6) is 0. The van der Waals surface area contributed by atoms with E-state index in [2.05, 4.69) is 12.2 Å². The van der Waals surface area contributed by atoms with Crippen molar-refractivity contribution < 1.29 is 14.6 Å². The van der Waals surface area contributed by atoms with Crippen LogP contribution in [0.5, 0.6) is 0 Å². The Morgan fingerprint density at radius 3 is 2.55 bits per heavy atom. The minimum Gasteiger partial charge on any atom is -0.444 e. The molecule has 20 heavy (non-hydrogen) atoms. The molecule has 0 aliphatic carbocycles. The van der Waals surface area contributed by atoms with Crippen LogP contribution in [0.4, 0.5) is 4.79 Å². The van der Waals surface area contributed by atoms with Crippen molar-refractivity contribution in [2.75, 3.05) is 6.54 Å². The summed E-state index contributed by atoms with van der Waals surface area (Å²) >= 11 is 0. The largest absolute Gasteiger partial charge is 0.444 e. The predicted octanol–water partition coefficient (Wildman–Crippen LogP) is 2.81. The van der Waals surface area contributed by atoms with E-state index in [0.29, 0.717) is 6.54 Å². The van der Waals surface area contributed by atoms with Gasteiger partial charge in [0.15, 0.2) is 0 Å². The quantitative estimate of drug-likeness (QED) is 0.871. The third-order valence-corrected chi connectivity index (χ3v) is 2.90. The average molecular weight is 279 g/mol. The van der Waals surface area contributed by atoms with Gasteiger partial charge in [-0.05, 0) is 50.3 Å². The zero-order valence-electron chi connectivity index (χ0n) is 12.8. The number of aryl methyl sites for hydroxylation is 1. The van der Waals surface area contributed by atoms with Crippen molar-refractivity contribution in [2.45, 2.75) is 52.7 Å². The van der Waals surface area contributed by atoms with Crippen molar-refractivity contribution in [1.82, 2.24) is 5.32 Å². The third kappa shape index (κ3) is 5.61. The summed E-state index contributed by atoms with van der Waals surface area (Å²) in [6.45, 7) is 8.15. The van der Waals surface area contributed by atoms with Crippen molar-refractivity contribution in [2.24, 2.45) is 0 Å². The van der Waals surface area contributed by atoms with Crippen molar-refractivity contribution in [3.8, 4) is 0 Å². The second-order valence-corrected chi connectivity index (χ2v) is 5.79. The van der Waals surface area contributed by atoms with Crippen molar-refractivity contribution in [3.63, 3.8) is 0 Å². The van der Waals surface area contributed by atoms with Crippen LogP contribution in [-0.2, 0) is 24.2 Å². The highest BCUT2D eigenvalue weighted by molar-refractivity contribution is 5.67. The molecule has 0 unspecified atom stereocenters. The van der Waals surface area contributed by atoms with E-state index in [1.807, 2.05) is 39.0 Å². The molecule has 0 aliphatic rings. The molecule has 0 heterocycles. The number of hydrogen-bond donors (Lipinski definition) is 2. The minimum atomic E-state index is -0.475. The Labute approximate surface area is 121 Å². The molecule has 0 saturated carbocycles. The molecule has 1 rings (SSSR count). The predicted molar refractivity (Wildman–Crippen MR) is 79.7 cm³/mol. The maximum absolute atomic E-state index is 11.5. The van der Waals surface area contributed by atoms with Crippen molar-refractivity contribution in [1.29, 1.82) is 0 Å². The minimum absolute atomic E-state index is 0.0521. The maximum Gasteiger partial charge on any atom is 0.407 e. The number of amides is 1. The van der Waals surface area contributed by atoms with Gasteiger partial charge in [0.05, 0.1) is 6.61 Å². The number of aliphatic hydroxyl groups is 1. The number of rotatable bonds is 5. The van der Waals surface area contributed by atoms with E-state index in [-0.39, 0.29) is 6.61 Å². The number of hydrogen-bond acceptors (Lipinski definition) is 3. The van der Waals surface area contributed by atoms with Crippen LogP contribution in [0.2, 0.25) is 0 Å². The lowest BCUT2D eigenvalue weighted by Gasteiger charge is -2.19. The first-order valence-corrected chi connectivity index (χ1v) is 7.04. The number of carbonyl (C=O) groups excluding carboxylic acids is 1. The molecule has 0 aromatic heterocycles. The van der Waals surface area contributed by atoms with Gasteiger partial charge in [0.25, 0.3) is 0 Å². The highest BCUT2D eigenvalue weighted by Crippen LogP contribution is 2.13. The van der Waals surface area contributed by atoms with Crippen LogP contribution in [-0.4, -0.2) is 23.3 Å². The van der Waals surface area contributed by atoms with Crippen LogP contribution in [0, 0.1) is 0 Å². The molecule has 4 nitrogen and oxygen atoms in total. The Bertz CT molecular complexity index is 450. The number of benzene rings is 1. The topological polar surface area (TPSA) is 58.6 Å². The normalized spacial score (nSPS) is 11.2. The molecule has 0 spiro atoms. The number of nitrogens with one attached hydrogen (secondary N) is 1. The van der Waals surface area contributed by atoms with Crippen molar-refractivity contribution >= 4 is 6.09 Å². The second-order valence-electron chi connectivity index (χ2n) is 5.79. The molecule has 4 heteroatoms. The second kappa shape index (κ2) is 7.29. The fourth-order valence-electron chi connectivity index (χ4n) is 1.95. The molecule has 0 radical (unpaired) electrons. The summed E-state index contributed by atoms with van der Waals surface area (Å²) in [6.07, 6.45) is 1.23. The first-order valence-electron chi connectivity index (χ1n) is 7.04. The fraction of sp³-hybridized carbons (Fsp3) is 0.562. The zero-order valence-corrected chi connectivity index (χ0v) is 12.8. The van der Waals surface area contributed by atoms with Gasteiger partial charge < -0.3 is 15.2 Å². The van der Waals surface area contributed by atoms with Crippen LogP contribution in [0.25, 0.3) is 0 Å². The van der Waals surface area contributed by atoms with Gasteiger partial charge in [-0.15, -0.1) is 0 Å². The first kappa shape index (κ1) is 16.5. The standard InChI is InChI=1S/C16H25NO3/c1-5-13-7-6-12(10-14(13)11-18)8-9-17-15(19)20-16(2,3)4/h6-7,10,18H,5,8-9,11H2,1-4H3,(H,17,19). The van der Waals surface area contributed by atoms with Gasteiger partial charge in [0, 0.05) is 6.54 Å². The van der Waals surface area contributed by atoms with E-state index in [1.54, 1.807) is 0 Å². The molecule has 0 saturated heterocycles. The Morgan fingerprint density at radius 1 is 1.30 bits per heavy atom. The van der Waals surface area contributed by atoms with Gasteiger partial charge in [-0.1, -0.05) is 25.1 Å². The van der Waals surface area contributed by atoms with Gasteiger partial charge in [-0.3, -0.25) is 0 Å². The molecule has 1 aromatic rings. The van der Waals surface area contributed by atoms with Crippen molar-refractivity contribution in [3.05, 3.63) is 34.9 Å². The monoisotopic (exact) mass is 279 g/mol. The van der Waals surface area contributed by atoms with Crippen LogP contribution >= 0.6 is 0 Å². The number of carbonyl (C=O) groups is 1. The molecular formula is C16H25NO3. The molecule has 0 atom stereocenters. The zero-order chi connectivity index (χ0) is 15.2. The molecule has 2 N–H and O–H groups in total. The van der Waals surface area contributed by atoms with E-state index in [9.17, 15) is 9.90 Å². The number of ether oxygens (including phenoxy) is 1. The number of aliphatic hydroxyl groups excluding tert-OH is 1. The van der Waals surface area contributed by atoms with Gasteiger partial charge in [-0.25, -0.2) is 4.79 Å². The first-order chi connectivity index (χ1) is 9.35. The maximum atomic E-state index is 11.5. The van der Waals surface area contributed by atoms with E-state index < -0.39 is 11.7 Å². The Hall–Kier alpha value is -1.55. The lowest BCUT2D eigenvalue weighted by Crippen LogP contribution is -2.33. The Balaban J connectivity index is 2.48. The molecule has 0 aliphatic heterocycles. The van der Waals surface area contributed by atoms with Gasteiger partial charge in [0.2, 0.25) is 0 Å². The smallest absolute Gasteiger partial charge is 0.407 e. The molecule has 1 aromatic carbocycles. The Kier molecular flexibility index (Phi) is 6.02. The highest BCUT2D eigenvalue weighted by atomic mass is 16.6. The molecule has 0 bridgehead atoms. The van der Waals surface area contributed by atoms with Crippen LogP contribution in [0.1, 0.15) is 44.4 Å². The third-order valence-electron chi connectivity index (χ3n) is 2.90. The summed E-state index contributed by atoms with van der Waals surface area (Å²) in [5, 5.41) is 12.1. The molecule has 112 valence electrons. The molecule has 0 fully saturated rings. The lowest BCUT2D eigenvalue weighted by atomic mass is 10.0. The van der Waals surface area contributed by atoms with Crippen LogP contribution in [0.15, 0.2) is 18.2 Å². The Morgan fingerprint density at radius 2 is 2.00 bits per heavy atom. The summed E-state index contributed by atoms with van der Waals surface area (Å²) < 4.78 is 5.17. The van der Waals surface area contributed by atoms with Gasteiger partial charge in [-0.2, -0.15) is 0 Å². The van der Waals surface area contributed by atoms with Gasteiger partial charge >= 0.3 is 6.09 Å². The van der Waals surface area contributed by atoms with Crippen LogP contribution in [0.3, 0.4) is 0 Å². The summed E-state index contributed by atoms with van der Waals surface area (Å²) in [4.78, 5) is 11.5. The summed E-state index contributed by atoms with van der Waals surface area (Å²) in [5.41, 5.74) is 2.75. The van der Waals surface area contributed by atoms with E-state index in [1.165, 1.54) is 0 Å². The summed E-state index contributed by atoms with van der Waals surface area (Å²) in [6, 6.07) is 6.07. The molecule has 1 amide bonds. The van der Waals surface area contributed by atoms with E-state index >= 15 is 0 Å². The average Bonchev–Trinajstić information content (AvgIpc) is 2.36. The highest BCUT2D eigenvalue weighted by Gasteiger charge is 2.15. The molecular weight excluding hydrogens is 254 g/mol. The summed E-state index contributed by atoms with van der Waals surface area (Å²) in [7, 11) is 0. The number of alkyl carbamates (subject to hydrolysis) is 1. The van der Waals surface area contributed by atoms with E-state index in [0.717, 1.165) is 29.5 Å². The van der Waals surface area contributed by atoms with Crippen LogP contribution < -0.4 is 5.32 Å².